The third-order valence-corrected chi connectivity index (χ3v) is 4.52. The summed E-state index contributed by atoms with van der Waals surface area (Å²) in [5.41, 5.74) is 1.60. The van der Waals surface area contributed by atoms with Gasteiger partial charge in [-0.1, -0.05) is 44.2 Å². The summed E-state index contributed by atoms with van der Waals surface area (Å²) >= 11 is 0. The Labute approximate surface area is 165 Å². The van der Waals surface area contributed by atoms with Crippen LogP contribution in [0.25, 0.3) is 22.3 Å². The van der Waals surface area contributed by atoms with Crippen molar-refractivity contribution in [2.75, 3.05) is 5.32 Å². The molecule has 0 radical (unpaired) electrons. The van der Waals surface area contributed by atoms with E-state index in [-0.39, 0.29) is 17.4 Å². The topological polar surface area (TPSA) is 118 Å². The second kappa shape index (κ2) is 7.63. The van der Waals surface area contributed by atoms with Gasteiger partial charge in [0, 0.05) is 11.3 Å². The second-order valence-electron chi connectivity index (χ2n) is 6.94. The molecule has 0 bridgehead atoms. The average Bonchev–Trinajstić information content (AvgIpc) is 3.18. The van der Waals surface area contributed by atoms with E-state index in [2.05, 4.69) is 30.7 Å². The monoisotopic (exact) mass is 389 g/mol. The van der Waals surface area contributed by atoms with E-state index in [1.54, 1.807) is 18.2 Å². The van der Waals surface area contributed by atoms with Gasteiger partial charge in [0.1, 0.15) is 0 Å². The average molecular weight is 389 g/mol. The number of rotatable bonds is 5. The van der Waals surface area contributed by atoms with Crippen molar-refractivity contribution in [3.8, 4) is 11.4 Å². The molecule has 4 rings (SSSR count). The fourth-order valence-corrected chi connectivity index (χ4v) is 3.08. The molecule has 0 aliphatic rings. The summed E-state index contributed by atoms with van der Waals surface area (Å²) in [6.07, 6.45) is 1.35. The molecule has 0 aliphatic heterocycles. The number of aromatic nitrogens is 6. The molecular weight excluding hydrogens is 370 g/mol. The minimum atomic E-state index is -0.664. The van der Waals surface area contributed by atoms with Crippen LogP contribution in [0.15, 0.2) is 59.7 Å². The molecular formula is C20H19N7O2. The van der Waals surface area contributed by atoms with Crippen LogP contribution < -0.4 is 10.9 Å². The van der Waals surface area contributed by atoms with Gasteiger partial charge in [0.05, 0.1) is 17.2 Å². The summed E-state index contributed by atoms with van der Waals surface area (Å²) in [5.74, 6) is 0.0717. The molecule has 0 aliphatic carbocycles. The Kier molecular flexibility index (Phi) is 4.86. The van der Waals surface area contributed by atoms with E-state index >= 15 is 0 Å². The zero-order valence-corrected chi connectivity index (χ0v) is 15.9. The molecule has 146 valence electrons. The third-order valence-electron chi connectivity index (χ3n) is 4.52. The number of carbonyl (C=O) groups is 1. The number of H-pyrrole nitrogens is 1. The van der Waals surface area contributed by atoms with Gasteiger partial charge >= 0.3 is 0 Å². The third kappa shape index (κ3) is 3.75. The van der Waals surface area contributed by atoms with E-state index in [0.29, 0.717) is 22.4 Å². The number of benzene rings is 2. The Bertz CT molecular complexity index is 1210. The lowest BCUT2D eigenvalue weighted by Crippen LogP contribution is -2.31. The number of hydrogen-bond acceptors (Lipinski definition) is 6. The highest BCUT2D eigenvalue weighted by atomic mass is 16.2. The van der Waals surface area contributed by atoms with Crippen molar-refractivity contribution in [3.63, 3.8) is 0 Å². The van der Waals surface area contributed by atoms with Crippen molar-refractivity contribution in [2.24, 2.45) is 5.92 Å². The minimum Gasteiger partial charge on any atom is -0.324 e. The number of carbonyl (C=O) groups excluding carboxylic acids is 1. The van der Waals surface area contributed by atoms with Gasteiger partial charge in [-0.15, -0.1) is 10.2 Å². The number of aromatic amines is 1. The Morgan fingerprint density at radius 2 is 1.93 bits per heavy atom. The first kappa shape index (κ1) is 18.5. The lowest BCUT2D eigenvalue weighted by molar-refractivity contribution is -0.121. The van der Waals surface area contributed by atoms with Gasteiger partial charge in [0.2, 0.25) is 5.82 Å². The van der Waals surface area contributed by atoms with Crippen molar-refractivity contribution in [3.05, 3.63) is 65.2 Å². The lowest BCUT2D eigenvalue weighted by Gasteiger charge is -2.18. The van der Waals surface area contributed by atoms with Gasteiger partial charge in [-0.05, 0) is 29.3 Å². The van der Waals surface area contributed by atoms with Gasteiger partial charge in [0.15, 0.2) is 6.04 Å². The van der Waals surface area contributed by atoms with Crippen LogP contribution in [0.1, 0.15) is 19.9 Å². The maximum absolute atomic E-state index is 13.0. The van der Waals surface area contributed by atoms with Gasteiger partial charge in [-0.3, -0.25) is 9.59 Å². The zero-order valence-electron chi connectivity index (χ0n) is 15.9. The zero-order chi connectivity index (χ0) is 20.4. The summed E-state index contributed by atoms with van der Waals surface area (Å²) in [4.78, 5) is 32.9. The summed E-state index contributed by atoms with van der Waals surface area (Å²) < 4.78 is 0. The van der Waals surface area contributed by atoms with Crippen LogP contribution in [0.5, 0.6) is 0 Å². The number of nitrogens with one attached hydrogen (secondary N) is 2. The number of tetrazole rings is 1. The summed E-state index contributed by atoms with van der Waals surface area (Å²) in [7, 11) is 0. The maximum atomic E-state index is 13.0. The van der Waals surface area contributed by atoms with E-state index < -0.39 is 6.04 Å². The van der Waals surface area contributed by atoms with Crippen LogP contribution in [-0.2, 0) is 4.79 Å². The van der Waals surface area contributed by atoms with E-state index in [1.165, 1.54) is 11.1 Å². The largest absolute Gasteiger partial charge is 0.324 e. The minimum absolute atomic E-state index is 0.0849. The maximum Gasteiger partial charge on any atom is 0.258 e. The molecule has 4 aromatic rings. The van der Waals surface area contributed by atoms with Crippen LogP contribution in [0.2, 0.25) is 0 Å². The predicted molar refractivity (Wildman–Crippen MR) is 108 cm³/mol. The summed E-state index contributed by atoms with van der Waals surface area (Å²) in [5, 5.41) is 15.8. The Morgan fingerprint density at radius 1 is 1.14 bits per heavy atom. The fraction of sp³-hybridized carbons (Fsp3) is 0.200. The first-order chi connectivity index (χ1) is 14.0. The van der Waals surface area contributed by atoms with Crippen molar-refractivity contribution >= 4 is 22.5 Å². The first-order valence-electron chi connectivity index (χ1n) is 9.16. The fourth-order valence-electron chi connectivity index (χ4n) is 3.08. The molecule has 9 nitrogen and oxygen atoms in total. The summed E-state index contributed by atoms with van der Waals surface area (Å²) in [6.45, 7) is 3.82. The number of amides is 1. The molecule has 2 aromatic heterocycles. The molecule has 0 saturated carbocycles. The number of fused-ring (bicyclic) bond motifs is 1. The number of nitrogens with zero attached hydrogens (tertiary/aromatic N) is 5. The standard InChI is InChI=1S/C20H19N7O2/c1-12(2)17(27-25-18(24-26-27)13-6-4-3-5-7-13)20(29)23-14-8-9-16-15(10-14)19(28)22-11-21-16/h3-12,17H,1-2H3,(H,23,29)(H,21,22,28). The van der Waals surface area contributed by atoms with E-state index in [9.17, 15) is 9.59 Å². The molecule has 0 fully saturated rings. The molecule has 2 heterocycles. The Balaban J connectivity index is 1.61. The molecule has 2 aromatic carbocycles. The van der Waals surface area contributed by atoms with Gasteiger partial charge in [0.25, 0.3) is 11.5 Å². The van der Waals surface area contributed by atoms with Crippen molar-refractivity contribution < 1.29 is 4.79 Å². The van der Waals surface area contributed by atoms with Gasteiger partial charge in [-0.25, -0.2) is 4.98 Å². The van der Waals surface area contributed by atoms with E-state index in [1.807, 2.05) is 44.2 Å². The van der Waals surface area contributed by atoms with E-state index in [4.69, 9.17) is 0 Å². The normalized spacial score (nSPS) is 12.2. The second-order valence-corrected chi connectivity index (χ2v) is 6.94. The number of anilines is 1. The molecule has 1 atom stereocenters. The number of hydrogen-bond donors (Lipinski definition) is 2. The summed E-state index contributed by atoms with van der Waals surface area (Å²) in [6, 6.07) is 13.8. The van der Waals surface area contributed by atoms with E-state index in [0.717, 1.165) is 5.56 Å². The highest BCUT2D eigenvalue weighted by Crippen LogP contribution is 2.21. The molecule has 1 unspecified atom stereocenters. The Morgan fingerprint density at radius 3 is 2.69 bits per heavy atom. The van der Waals surface area contributed by atoms with Crippen molar-refractivity contribution in [1.29, 1.82) is 0 Å². The van der Waals surface area contributed by atoms with Crippen molar-refractivity contribution in [1.82, 2.24) is 30.2 Å². The smallest absolute Gasteiger partial charge is 0.258 e. The highest BCUT2D eigenvalue weighted by molar-refractivity contribution is 5.95. The van der Waals surface area contributed by atoms with Crippen LogP contribution in [0.3, 0.4) is 0 Å². The van der Waals surface area contributed by atoms with Crippen LogP contribution in [0.4, 0.5) is 5.69 Å². The molecule has 2 N–H and O–H groups in total. The predicted octanol–water partition coefficient (Wildman–Crippen LogP) is 2.41. The van der Waals surface area contributed by atoms with Crippen LogP contribution >= 0.6 is 0 Å². The van der Waals surface area contributed by atoms with Crippen LogP contribution in [0, 0.1) is 5.92 Å². The molecule has 0 spiro atoms. The first-order valence-corrected chi connectivity index (χ1v) is 9.16. The lowest BCUT2D eigenvalue weighted by atomic mass is 10.0. The van der Waals surface area contributed by atoms with Gasteiger partial charge in [-0.2, -0.15) is 4.80 Å². The molecule has 0 saturated heterocycles. The molecule has 9 heteroatoms. The Hall–Kier alpha value is -3.88. The van der Waals surface area contributed by atoms with Crippen LogP contribution in [-0.4, -0.2) is 36.1 Å². The van der Waals surface area contributed by atoms with Crippen molar-refractivity contribution in [2.45, 2.75) is 19.9 Å². The highest BCUT2D eigenvalue weighted by Gasteiger charge is 2.27. The molecule has 29 heavy (non-hydrogen) atoms. The molecule has 1 amide bonds. The van der Waals surface area contributed by atoms with Gasteiger partial charge < -0.3 is 10.3 Å². The SMILES string of the molecule is CC(C)C(C(=O)Nc1ccc2nc[nH]c(=O)c2c1)n1nnc(-c2ccccc2)n1. The quantitative estimate of drug-likeness (QED) is 0.541.